The van der Waals surface area contributed by atoms with Gasteiger partial charge in [0.2, 0.25) is 0 Å². The molecule has 23 heavy (non-hydrogen) atoms. The van der Waals surface area contributed by atoms with Gasteiger partial charge in [0.25, 0.3) is 0 Å². The number of ether oxygens (including phenoxy) is 2. The third-order valence-corrected chi connectivity index (χ3v) is 4.47. The summed E-state index contributed by atoms with van der Waals surface area (Å²) in [6.45, 7) is 1.13. The lowest BCUT2D eigenvalue weighted by Gasteiger charge is -2.26. The molecule has 122 valence electrons. The van der Waals surface area contributed by atoms with Gasteiger partial charge >= 0.3 is 0 Å². The number of fused-ring (bicyclic) bond motifs is 1. The van der Waals surface area contributed by atoms with Crippen LogP contribution in [0, 0.1) is 0 Å². The van der Waals surface area contributed by atoms with E-state index in [1.165, 1.54) is 11.1 Å². The van der Waals surface area contributed by atoms with Crippen molar-refractivity contribution in [3.05, 3.63) is 59.7 Å². The van der Waals surface area contributed by atoms with Gasteiger partial charge in [0.05, 0.1) is 19.3 Å². The summed E-state index contributed by atoms with van der Waals surface area (Å²) < 4.78 is 11.6. The molecular weight excluding hydrogens is 312 g/mol. The maximum atomic E-state index is 9.43. The molecule has 3 nitrogen and oxygen atoms in total. The van der Waals surface area contributed by atoms with Gasteiger partial charge in [-0.05, 0) is 23.6 Å². The summed E-state index contributed by atoms with van der Waals surface area (Å²) in [4.78, 5) is 0. The topological polar surface area (TPSA) is 38.7 Å². The zero-order chi connectivity index (χ0) is 16.1. The van der Waals surface area contributed by atoms with Crippen molar-refractivity contribution in [3.63, 3.8) is 0 Å². The summed E-state index contributed by atoms with van der Waals surface area (Å²) >= 11 is 5.57. The molecule has 1 N–H and O–H groups in total. The number of hydrogen-bond donors (Lipinski definition) is 1. The largest absolute Gasteiger partial charge is 0.493 e. The fourth-order valence-electron chi connectivity index (χ4n) is 2.77. The minimum atomic E-state index is -0.517. The molecule has 0 amide bonds. The number of aliphatic hydroxyl groups is 1. The number of benzene rings is 2. The highest BCUT2D eigenvalue weighted by Crippen LogP contribution is 2.34. The third kappa shape index (κ3) is 4.18. The van der Waals surface area contributed by atoms with Crippen LogP contribution >= 0.6 is 11.6 Å². The quantitative estimate of drug-likeness (QED) is 0.818. The molecule has 2 atom stereocenters. The van der Waals surface area contributed by atoms with Gasteiger partial charge in [-0.25, -0.2) is 0 Å². The van der Waals surface area contributed by atoms with Gasteiger partial charge in [-0.15, -0.1) is 11.6 Å². The molecule has 0 saturated carbocycles. The summed E-state index contributed by atoms with van der Waals surface area (Å²) in [7, 11) is 0. The van der Waals surface area contributed by atoms with Crippen molar-refractivity contribution in [3.8, 4) is 11.5 Å². The van der Waals surface area contributed by atoms with Gasteiger partial charge in [0.1, 0.15) is 11.5 Å². The predicted molar refractivity (Wildman–Crippen MR) is 91.7 cm³/mol. The predicted octanol–water partition coefficient (Wildman–Crippen LogP) is 3.77. The van der Waals surface area contributed by atoms with Gasteiger partial charge in [-0.2, -0.15) is 0 Å². The standard InChI is InChI=1S/C19H21ClO3/c20-12-17(21)8-9-22-18-7-6-15-10-16(13-23-19(15)11-18)14-4-2-1-3-5-14/h1-7,11,16-17,21H,8-10,12-13H2. The van der Waals surface area contributed by atoms with Crippen LogP contribution in [0.15, 0.2) is 48.5 Å². The van der Waals surface area contributed by atoms with E-state index in [1.807, 2.05) is 18.2 Å². The molecule has 2 aromatic rings. The van der Waals surface area contributed by atoms with Gasteiger partial charge in [-0.3, -0.25) is 0 Å². The normalized spacial score (nSPS) is 17.9. The Morgan fingerprint density at radius 1 is 1.22 bits per heavy atom. The molecule has 2 aromatic carbocycles. The molecule has 0 spiro atoms. The van der Waals surface area contributed by atoms with Gasteiger partial charge in [0, 0.05) is 24.3 Å². The van der Waals surface area contributed by atoms with Crippen molar-refractivity contribution in [2.24, 2.45) is 0 Å². The van der Waals surface area contributed by atoms with E-state index < -0.39 is 6.10 Å². The van der Waals surface area contributed by atoms with E-state index >= 15 is 0 Å². The molecule has 0 radical (unpaired) electrons. The molecule has 0 saturated heterocycles. The van der Waals surface area contributed by atoms with E-state index in [0.29, 0.717) is 25.6 Å². The molecule has 0 bridgehead atoms. The Balaban J connectivity index is 1.62. The lowest BCUT2D eigenvalue weighted by Crippen LogP contribution is -2.19. The Morgan fingerprint density at radius 2 is 2.04 bits per heavy atom. The lowest BCUT2D eigenvalue weighted by molar-refractivity contribution is 0.158. The Morgan fingerprint density at radius 3 is 2.83 bits per heavy atom. The van der Waals surface area contributed by atoms with E-state index in [0.717, 1.165) is 17.9 Å². The van der Waals surface area contributed by atoms with Crippen molar-refractivity contribution in [1.29, 1.82) is 0 Å². The van der Waals surface area contributed by atoms with Crippen molar-refractivity contribution in [2.45, 2.75) is 24.9 Å². The first-order chi connectivity index (χ1) is 11.3. The first kappa shape index (κ1) is 16.2. The minimum Gasteiger partial charge on any atom is -0.493 e. The SMILES string of the molecule is OC(CCl)CCOc1ccc2c(c1)OCC(c1ccccc1)C2. The summed E-state index contributed by atoms with van der Waals surface area (Å²) in [5.74, 6) is 2.29. The zero-order valence-electron chi connectivity index (χ0n) is 13.0. The highest BCUT2D eigenvalue weighted by atomic mass is 35.5. The van der Waals surface area contributed by atoms with Crippen LogP contribution in [0.25, 0.3) is 0 Å². The summed E-state index contributed by atoms with van der Waals surface area (Å²) in [6.07, 6.45) is 0.986. The molecule has 0 aromatic heterocycles. The minimum absolute atomic E-state index is 0.234. The van der Waals surface area contributed by atoms with Crippen molar-refractivity contribution < 1.29 is 14.6 Å². The number of rotatable bonds is 6. The van der Waals surface area contributed by atoms with Crippen LogP contribution in [-0.4, -0.2) is 30.3 Å². The first-order valence-electron chi connectivity index (χ1n) is 7.93. The lowest BCUT2D eigenvalue weighted by atomic mass is 9.90. The number of aliphatic hydroxyl groups excluding tert-OH is 1. The van der Waals surface area contributed by atoms with Crippen molar-refractivity contribution in [1.82, 2.24) is 0 Å². The average Bonchev–Trinajstić information content (AvgIpc) is 2.61. The van der Waals surface area contributed by atoms with Crippen LogP contribution in [0.1, 0.15) is 23.5 Å². The number of hydrogen-bond acceptors (Lipinski definition) is 3. The zero-order valence-corrected chi connectivity index (χ0v) is 13.7. The molecule has 3 rings (SSSR count). The number of alkyl halides is 1. The highest BCUT2D eigenvalue weighted by molar-refractivity contribution is 6.18. The maximum Gasteiger partial charge on any atom is 0.126 e. The fourth-order valence-corrected chi connectivity index (χ4v) is 2.93. The Kier molecular flexibility index (Phi) is 5.42. The van der Waals surface area contributed by atoms with Crippen molar-refractivity contribution in [2.75, 3.05) is 19.1 Å². The van der Waals surface area contributed by atoms with Crippen LogP contribution in [0.5, 0.6) is 11.5 Å². The first-order valence-corrected chi connectivity index (χ1v) is 8.47. The Labute approximate surface area is 141 Å². The van der Waals surface area contributed by atoms with E-state index in [4.69, 9.17) is 21.1 Å². The van der Waals surface area contributed by atoms with E-state index in [1.54, 1.807) is 0 Å². The summed E-state index contributed by atoms with van der Waals surface area (Å²) in [5.41, 5.74) is 2.52. The smallest absolute Gasteiger partial charge is 0.126 e. The van der Waals surface area contributed by atoms with Gasteiger partial charge in [0.15, 0.2) is 0 Å². The summed E-state index contributed by atoms with van der Waals surface area (Å²) in [6, 6.07) is 16.4. The molecule has 1 heterocycles. The molecule has 0 fully saturated rings. The fraction of sp³-hybridized carbons (Fsp3) is 0.368. The van der Waals surface area contributed by atoms with Crippen LogP contribution in [0.2, 0.25) is 0 Å². The highest BCUT2D eigenvalue weighted by Gasteiger charge is 2.21. The molecule has 1 aliphatic rings. The van der Waals surface area contributed by atoms with E-state index in [2.05, 4.69) is 30.3 Å². The maximum absolute atomic E-state index is 9.43. The summed E-state index contributed by atoms with van der Waals surface area (Å²) in [5, 5.41) is 9.43. The number of halogens is 1. The third-order valence-electron chi connectivity index (χ3n) is 4.11. The average molecular weight is 333 g/mol. The monoisotopic (exact) mass is 332 g/mol. The van der Waals surface area contributed by atoms with E-state index in [9.17, 15) is 5.11 Å². The molecule has 4 heteroatoms. The van der Waals surface area contributed by atoms with Crippen LogP contribution in [0.3, 0.4) is 0 Å². The Bertz CT molecular complexity index is 630. The van der Waals surface area contributed by atoms with Gasteiger partial charge < -0.3 is 14.6 Å². The Hall–Kier alpha value is -1.71. The van der Waals surface area contributed by atoms with Crippen LogP contribution in [-0.2, 0) is 6.42 Å². The second-order valence-corrected chi connectivity index (χ2v) is 6.15. The molecule has 1 aliphatic heterocycles. The molecular formula is C19H21ClO3. The van der Waals surface area contributed by atoms with Crippen LogP contribution < -0.4 is 9.47 Å². The van der Waals surface area contributed by atoms with Crippen LogP contribution in [0.4, 0.5) is 0 Å². The van der Waals surface area contributed by atoms with Crippen molar-refractivity contribution >= 4 is 11.6 Å². The molecule has 2 unspecified atom stereocenters. The van der Waals surface area contributed by atoms with E-state index in [-0.39, 0.29) is 5.88 Å². The molecule has 0 aliphatic carbocycles. The van der Waals surface area contributed by atoms with Gasteiger partial charge in [-0.1, -0.05) is 36.4 Å². The second kappa shape index (κ2) is 7.71. The second-order valence-electron chi connectivity index (χ2n) is 5.84.